The highest BCUT2D eigenvalue weighted by Crippen LogP contribution is 2.21. The predicted molar refractivity (Wildman–Crippen MR) is 62.1 cm³/mol. The van der Waals surface area contributed by atoms with Crippen molar-refractivity contribution in [2.24, 2.45) is 0 Å². The van der Waals surface area contributed by atoms with Gasteiger partial charge in [0.25, 0.3) is 0 Å². The van der Waals surface area contributed by atoms with E-state index in [4.69, 9.17) is 14.0 Å². The van der Waals surface area contributed by atoms with Crippen LogP contribution in [0.1, 0.15) is 23.9 Å². The molecule has 0 bridgehead atoms. The Kier molecular flexibility index (Phi) is 3.55. The third kappa shape index (κ3) is 2.54. The molecule has 1 N–H and O–H groups in total. The average Bonchev–Trinajstić information content (AvgIpc) is 2.89. The lowest BCUT2D eigenvalue weighted by molar-refractivity contribution is -0.0264. The zero-order valence-electron chi connectivity index (χ0n) is 10.5. The number of likely N-dealkylation sites (N-methyl/N-ethyl adjacent to an activating group) is 1. The molecule has 1 aromatic heterocycles. The third-order valence-corrected chi connectivity index (χ3v) is 3.23. The summed E-state index contributed by atoms with van der Waals surface area (Å²) in [4.78, 5) is 6.62. The Hall–Kier alpha value is -1.02. The van der Waals surface area contributed by atoms with Crippen molar-refractivity contribution in [3.63, 3.8) is 0 Å². The minimum atomic E-state index is -0.0919. The Morgan fingerprint density at radius 3 is 3.11 bits per heavy atom. The van der Waals surface area contributed by atoms with Crippen LogP contribution in [-0.2, 0) is 9.47 Å². The van der Waals surface area contributed by atoms with Gasteiger partial charge in [-0.15, -0.1) is 0 Å². The number of hydrogen-bond acceptors (Lipinski definition) is 7. The lowest BCUT2D eigenvalue weighted by atomic mass is 10.2. The number of nitrogens with zero attached hydrogens (tertiary/aromatic N) is 3. The molecule has 3 rings (SSSR count). The molecule has 7 heteroatoms. The van der Waals surface area contributed by atoms with Crippen molar-refractivity contribution < 1.29 is 14.0 Å². The van der Waals surface area contributed by atoms with E-state index in [9.17, 15) is 0 Å². The van der Waals surface area contributed by atoms with Gasteiger partial charge in [0, 0.05) is 19.6 Å². The van der Waals surface area contributed by atoms with Gasteiger partial charge in [0.15, 0.2) is 0 Å². The fourth-order valence-corrected chi connectivity index (χ4v) is 2.18. The molecular formula is C11H18N4O3. The zero-order chi connectivity index (χ0) is 12.4. The van der Waals surface area contributed by atoms with Gasteiger partial charge in [-0.3, -0.25) is 0 Å². The molecule has 0 amide bonds. The number of ether oxygens (including phenoxy) is 2. The molecular weight excluding hydrogens is 236 g/mol. The van der Waals surface area contributed by atoms with Gasteiger partial charge in [-0.1, -0.05) is 5.16 Å². The molecule has 0 aromatic carbocycles. The van der Waals surface area contributed by atoms with E-state index in [0.717, 1.165) is 26.2 Å². The minimum Gasteiger partial charge on any atom is -0.378 e. The largest absolute Gasteiger partial charge is 0.378 e. The first-order valence-corrected chi connectivity index (χ1v) is 6.27. The van der Waals surface area contributed by atoms with E-state index < -0.39 is 0 Å². The van der Waals surface area contributed by atoms with Crippen LogP contribution in [0.5, 0.6) is 0 Å². The van der Waals surface area contributed by atoms with E-state index >= 15 is 0 Å². The minimum absolute atomic E-state index is 0.00122. The van der Waals surface area contributed by atoms with Gasteiger partial charge in [0.2, 0.25) is 11.7 Å². The molecule has 2 fully saturated rings. The van der Waals surface area contributed by atoms with Gasteiger partial charge in [-0.2, -0.15) is 4.98 Å². The van der Waals surface area contributed by atoms with Gasteiger partial charge in [-0.05, 0) is 7.05 Å². The first-order valence-electron chi connectivity index (χ1n) is 6.27. The molecule has 0 radical (unpaired) electrons. The number of aromatic nitrogens is 2. The second-order valence-electron chi connectivity index (χ2n) is 4.69. The lowest BCUT2D eigenvalue weighted by Crippen LogP contribution is -2.36. The van der Waals surface area contributed by atoms with Gasteiger partial charge in [0.05, 0.1) is 19.8 Å². The maximum Gasteiger partial charge on any atom is 0.246 e. The fraction of sp³-hybridized carbons (Fsp3) is 0.818. The zero-order valence-corrected chi connectivity index (χ0v) is 10.5. The van der Waals surface area contributed by atoms with Crippen molar-refractivity contribution >= 4 is 0 Å². The molecule has 0 saturated carbocycles. The van der Waals surface area contributed by atoms with Crippen LogP contribution in [-0.4, -0.2) is 61.5 Å². The van der Waals surface area contributed by atoms with Crippen LogP contribution in [0.4, 0.5) is 0 Å². The predicted octanol–water partition coefficient (Wildman–Crippen LogP) is -0.266. The Morgan fingerprint density at radius 1 is 1.39 bits per heavy atom. The van der Waals surface area contributed by atoms with Crippen molar-refractivity contribution in [1.29, 1.82) is 0 Å². The van der Waals surface area contributed by atoms with Crippen molar-refractivity contribution in [2.45, 2.75) is 12.1 Å². The highest BCUT2D eigenvalue weighted by molar-refractivity contribution is 4.98. The summed E-state index contributed by atoms with van der Waals surface area (Å²) in [6, 6.07) is 0.00122. The third-order valence-electron chi connectivity index (χ3n) is 3.23. The van der Waals surface area contributed by atoms with Crippen molar-refractivity contribution in [2.75, 3.05) is 46.5 Å². The molecule has 0 aliphatic carbocycles. The van der Waals surface area contributed by atoms with Crippen LogP contribution in [0, 0.1) is 0 Å². The molecule has 2 saturated heterocycles. The summed E-state index contributed by atoms with van der Waals surface area (Å²) >= 11 is 0. The molecule has 2 aliphatic heterocycles. The Morgan fingerprint density at radius 2 is 2.33 bits per heavy atom. The fourth-order valence-electron chi connectivity index (χ4n) is 2.18. The summed E-state index contributed by atoms with van der Waals surface area (Å²) < 4.78 is 16.3. The lowest BCUT2D eigenvalue weighted by Gasteiger charge is -2.27. The second-order valence-corrected chi connectivity index (χ2v) is 4.69. The molecule has 7 nitrogen and oxygen atoms in total. The molecule has 2 aliphatic rings. The first kappa shape index (κ1) is 12.0. The molecule has 1 aromatic rings. The van der Waals surface area contributed by atoms with Gasteiger partial charge < -0.3 is 24.2 Å². The Balaban J connectivity index is 1.68. The van der Waals surface area contributed by atoms with E-state index in [0.29, 0.717) is 24.9 Å². The average molecular weight is 254 g/mol. The molecule has 3 heterocycles. The van der Waals surface area contributed by atoms with Crippen molar-refractivity contribution in [3.8, 4) is 0 Å². The van der Waals surface area contributed by atoms with Crippen molar-refractivity contribution in [3.05, 3.63) is 11.7 Å². The van der Waals surface area contributed by atoms with Gasteiger partial charge in [-0.25, -0.2) is 0 Å². The van der Waals surface area contributed by atoms with Crippen LogP contribution >= 0.6 is 0 Å². The first-order chi connectivity index (χ1) is 8.83. The summed E-state index contributed by atoms with van der Waals surface area (Å²) in [5.74, 6) is 1.21. The number of morpholine rings is 2. The smallest absolute Gasteiger partial charge is 0.246 e. The Bertz CT molecular complexity index is 391. The Labute approximate surface area is 105 Å². The summed E-state index contributed by atoms with van der Waals surface area (Å²) in [5, 5.41) is 7.30. The van der Waals surface area contributed by atoms with E-state index in [-0.39, 0.29) is 12.1 Å². The van der Waals surface area contributed by atoms with Gasteiger partial charge >= 0.3 is 0 Å². The van der Waals surface area contributed by atoms with E-state index in [2.05, 4.69) is 27.4 Å². The number of hydrogen-bond donors (Lipinski definition) is 1. The summed E-state index contributed by atoms with van der Waals surface area (Å²) in [5.41, 5.74) is 0. The van der Waals surface area contributed by atoms with E-state index in [1.165, 1.54) is 0 Å². The van der Waals surface area contributed by atoms with Crippen LogP contribution < -0.4 is 5.32 Å². The summed E-state index contributed by atoms with van der Waals surface area (Å²) in [7, 11) is 2.06. The topological polar surface area (TPSA) is 72.7 Å². The second kappa shape index (κ2) is 5.31. The van der Waals surface area contributed by atoms with Crippen LogP contribution in [0.15, 0.2) is 4.52 Å². The maximum atomic E-state index is 5.66. The number of rotatable bonds is 2. The summed E-state index contributed by atoms with van der Waals surface area (Å²) in [6.07, 6.45) is -0.0919. The SMILES string of the molecule is CN1CCOC(c2noc(C3COCCN3)n2)C1. The normalized spacial score (nSPS) is 30.5. The highest BCUT2D eigenvalue weighted by atomic mass is 16.5. The van der Waals surface area contributed by atoms with E-state index in [1.807, 2.05) is 0 Å². The van der Waals surface area contributed by atoms with Crippen LogP contribution in [0.2, 0.25) is 0 Å². The summed E-state index contributed by atoms with van der Waals surface area (Å²) in [6.45, 7) is 4.56. The van der Waals surface area contributed by atoms with E-state index in [1.54, 1.807) is 0 Å². The molecule has 0 spiro atoms. The quantitative estimate of drug-likeness (QED) is 0.779. The number of nitrogens with one attached hydrogen (secondary N) is 1. The van der Waals surface area contributed by atoms with Crippen LogP contribution in [0.25, 0.3) is 0 Å². The molecule has 2 atom stereocenters. The molecule has 100 valence electrons. The monoisotopic (exact) mass is 254 g/mol. The van der Waals surface area contributed by atoms with Crippen molar-refractivity contribution in [1.82, 2.24) is 20.4 Å². The standard InChI is InChI=1S/C11H18N4O3/c1-15-3-5-17-9(6-15)10-13-11(18-14-10)8-7-16-4-2-12-8/h8-9,12H,2-7H2,1H3. The molecule has 2 unspecified atom stereocenters. The van der Waals surface area contributed by atoms with Gasteiger partial charge in [0.1, 0.15) is 12.1 Å². The van der Waals surface area contributed by atoms with Crippen LogP contribution in [0.3, 0.4) is 0 Å². The maximum absolute atomic E-state index is 5.66. The molecule has 18 heavy (non-hydrogen) atoms. The highest BCUT2D eigenvalue weighted by Gasteiger charge is 2.27.